The second-order valence-corrected chi connectivity index (χ2v) is 9.15. The van der Waals surface area contributed by atoms with E-state index in [2.05, 4.69) is 10.4 Å². The van der Waals surface area contributed by atoms with Crippen LogP contribution in [0.1, 0.15) is 49.1 Å². The summed E-state index contributed by atoms with van der Waals surface area (Å²) in [4.78, 5) is 25.2. The number of carbonyl (C=O) groups excluding carboxylic acids is 1. The van der Waals surface area contributed by atoms with Crippen molar-refractivity contribution < 1.29 is 9.53 Å². The Bertz CT molecular complexity index is 919. The molecule has 1 fully saturated rings. The first-order chi connectivity index (χ1) is 12.8. The Labute approximate surface area is 166 Å². The van der Waals surface area contributed by atoms with Gasteiger partial charge in [-0.15, -0.1) is 11.8 Å². The molecule has 1 saturated heterocycles. The van der Waals surface area contributed by atoms with E-state index >= 15 is 0 Å². The van der Waals surface area contributed by atoms with Crippen molar-refractivity contribution in [2.24, 2.45) is 0 Å². The Hall–Kier alpha value is -1.70. The molecule has 27 heavy (non-hydrogen) atoms. The highest BCUT2D eigenvalue weighted by molar-refractivity contribution is 8.00. The van der Waals surface area contributed by atoms with E-state index in [0.29, 0.717) is 28.8 Å². The zero-order valence-electron chi connectivity index (χ0n) is 15.3. The number of thioether (sulfide) groups is 1. The number of hydrogen-bond donors (Lipinski definition) is 2. The molecule has 8 heteroatoms. The van der Waals surface area contributed by atoms with Gasteiger partial charge < -0.3 is 10.1 Å². The Balaban J connectivity index is 1.80. The number of aromatic amines is 1. The summed E-state index contributed by atoms with van der Waals surface area (Å²) in [7, 11) is 0. The number of benzene rings is 1. The van der Waals surface area contributed by atoms with Gasteiger partial charge in [0, 0.05) is 11.6 Å². The molecule has 2 aliphatic heterocycles. The summed E-state index contributed by atoms with van der Waals surface area (Å²) in [5.41, 5.74) is 1.12. The molecule has 0 spiro atoms. The van der Waals surface area contributed by atoms with Gasteiger partial charge >= 0.3 is 0 Å². The van der Waals surface area contributed by atoms with Gasteiger partial charge in [0.05, 0.1) is 28.2 Å². The van der Waals surface area contributed by atoms with Crippen molar-refractivity contribution in [1.82, 2.24) is 9.78 Å². The lowest BCUT2D eigenvalue weighted by atomic mass is 9.94. The van der Waals surface area contributed by atoms with Gasteiger partial charge in [0.15, 0.2) is 0 Å². The van der Waals surface area contributed by atoms with Gasteiger partial charge in [-0.3, -0.25) is 19.4 Å². The number of H-pyrrole nitrogens is 1. The number of anilines is 1. The van der Waals surface area contributed by atoms with Crippen molar-refractivity contribution in [3.05, 3.63) is 50.8 Å². The van der Waals surface area contributed by atoms with Crippen LogP contribution in [0.3, 0.4) is 0 Å². The van der Waals surface area contributed by atoms with Crippen LogP contribution in [-0.2, 0) is 9.53 Å². The smallest absolute Gasteiger partial charge is 0.270 e. The fourth-order valence-electron chi connectivity index (χ4n) is 3.84. The number of rotatable bonds is 2. The molecule has 0 saturated carbocycles. The Kier molecular flexibility index (Phi) is 4.86. The van der Waals surface area contributed by atoms with E-state index in [-0.39, 0.29) is 28.4 Å². The van der Waals surface area contributed by atoms with Crippen LogP contribution in [0.5, 0.6) is 0 Å². The zero-order valence-corrected chi connectivity index (χ0v) is 16.8. The quantitative estimate of drug-likeness (QED) is 0.795. The van der Waals surface area contributed by atoms with E-state index in [9.17, 15) is 9.59 Å². The SMILES string of the molecule is CC1(C)CC(n2[nH]c(=O)c3c2NC(=O)CSC3c2ccc(Cl)cc2)CCO1. The van der Waals surface area contributed by atoms with Gasteiger partial charge in [0.25, 0.3) is 5.56 Å². The first-order valence-electron chi connectivity index (χ1n) is 8.99. The van der Waals surface area contributed by atoms with Crippen LogP contribution in [-0.4, -0.2) is 33.6 Å². The number of halogens is 1. The van der Waals surface area contributed by atoms with Crippen molar-refractivity contribution in [3.63, 3.8) is 0 Å². The van der Waals surface area contributed by atoms with E-state index in [1.54, 1.807) is 0 Å². The largest absolute Gasteiger partial charge is 0.375 e. The Morgan fingerprint density at radius 2 is 2.00 bits per heavy atom. The maximum Gasteiger partial charge on any atom is 0.270 e. The van der Waals surface area contributed by atoms with Gasteiger partial charge in [-0.25, -0.2) is 0 Å². The van der Waals surface area contributed by atoms with Gasteiger partial charge in [-0.05, 0) is 44.4 Å². The minimum absolute atomic E-state index is 0.0690. The van der Waals surface area contributed by atoms with Crippen LogP contribution >= 0.6 is 23.4 Å². The summed E-state index contributed by atoms with van der Waals surface area (Å²) >= 11 is 7.47. The molecule has 2 atom stereocenters. The third kappa shape index (κ3) is 3.68. The van der Waals surface area contributed by atoms with Crippen molar-refractivity contribution >= 4 is 35.1 Å². The Morgan fingerprint density at radius 1 is 1.26 bits per heavy atom. The van der Waals surface area contributed by atoms with Crippen LogP contribution in [0.25, 0.3) is 0 Å². The number of amides is 1. The van der Waals surface area contributed by atoms with Crippen LogP contribution < -0.4 is 10.9 Å². The monoisotopic (exact) mass is 407 g/mol. The minimum Gasteiger partial charge on any atom is -0.375 e. The molecule has 2 N–H and O–H groups in total. The number of nitrogens with zero attached hydrogens (tertiary/aromatic N) is 1. The number of carbonyl (C=O) groups is 1. The summed E-state index contributed by atoms with van der Waals surface area (Å²) in [5.74, 6) is 0.773. The summed E-state index contributed by atoms with van der Waals surface area (Å²) in [6.07, 6.45) is 1.55. The molecule has 1 amide bonds. The van der Waals surface area contributed by atoms with E-state index in [0.717, 1.165) is 18.4 Å². The number of fused-ring (bicyclic) bond motifs is 1. The van der Waals surface area contributed by atoms with Gasteiger partial charge in [-0.1, -0.05) is 23.7 Å². The van der Waals surface area contributed by atoms with Crippen LogP contribution in [0.2, 0.25) is 5.02 Å². The molecule has 0 aliphatic carbocycles. The molecule has 1 aromatic heterocycles. The molecule has 3 heterocycles. The van der Waals surface area contributed by atoms with E-state index in [1.807, 2.05) is 42.8 Å². The molecule has 4 rings (SSSR count). The van der Waals surface area contributed by atoms with Crippen molar-refractivity contribution in [2.75, 3.05) is 17.7 Å². The Morgan fingerprint density at radius 3 is 2.70 bits per heavy atom. The normalized spacial score (nSPS) is 24.8. The minimum atomic E-state index is -0.268. The van der Waals surface area contributed by atoms with E-state index in [4.69, 9.17) is 16.3 Å². The van der Waals surface area contributed by atoms with E-state index in [1.165, 1.54) is 11.8 Å². The second kappa shape index (κ2) is 7.04. The molecule has 1 aromatic carbocycles. The summed E-state index contributed by atoms with van der Waals surface area (Å²) in [6, 6.07) is 7.51. The molecule has 6 nitrogen and oxygen atoms in total. The van der Waals surface area contributed by atoms with Crippen LogP contribution in [0, 0.1) is 0 Å². The molecule has 0 bridgehead atoms. The highest BCUT2D eigenvalue weighted by atomic mass is 35.5. The van der Waals surface area contributed by atoms with E-state index < -0.39 is 0 Å². The van der Waals surface area contributed by atoms with Crippen LogP contribution in [0.4, 0.5) is 5.82 Å². The number of nitrogens with one attached hydrogen (secondary N) is 2. The first-order valence-corrected chi connectivity index (χ1v) is 10.4. The maximum atomic E-state index is 12.9. The average molecular weight is 408 g/mol. The third-order valence-corrected chi connectivity index (χ3v) is 6.59. The highest BCUT2D eigenvalue weighted by Crippen LogP contribution is 2.42. The summed E-state index contributed by atoms with van der Waals surface area (Å²) < 4.78 is 7.65. The molecule has 0 radical (unpaired) electrons. The molecule has 144 valence electrons. The lowest BCUT2D eigenvalue weighted by Gasteiger charge is -2.36. The summed E-state index contributed by atoms with van der Waals surface area (Å²) in [5, 5.41) is 6.34. The fraction of sp³-hybridized carbons (Fsp3) is 0.474. The molecule has 2 unspecified atom stereocenters. The predicted octanol–water partition coefficient (Wildman–Crippen LogP) is 3.73. The van der Waals surface area contributed by atoms with Crippen LogP contribution in [0.15, 0.2) is 29.1 Å². The number of aromatic nitrogens is 2. The lowest BCUT2D eigenvalue weighted by molar-refractivity contribution is -0.113. The lowest BCUT2D eigenvalue weighted by Crippen LogP contribution is -2.36. The topological polar surface area (TPSA) is 76.1 Å². The second-order valence-electron chi connectivity index (χ2n) is 7.62. The number of ether oxygens (including phenoxy) is 1. The molecular formula is C19H22ClN3O3S. The standard InChI is InChI=1S/C19H22ClN3O3S/c1-19(2)9-13(7-8-26-19)23-17-15(18(25)22-23)16(27-10-14(24)21-17)11-3-5-12(20)6-4-11/h3-6,13,16H,7-10H2,1-2H3,(H,21,24)(H,22,25). The van der Waals surface area contributed by atoms with Gasteiger partial charge in [-0.2, -0.15) is 0 Å². The average Bonchev–Trinajstić information content (AvgIpc) is 2.81. The zero-order chi connectivity index (χ0) is 19.2. The van der Waals surface area contributed by atoms with Crippen molar-refractivity contribution in [1.29, 1.82) is 0 Å². The highest BCUT2D eigenvalue weighted by Gasteiger charge is 2.35. The fourth-order valence-corrected chi connectivity index (χ4v) is 5.09. The van der Waals surface area contributed by atoms with Gasteiger partial charge in [0.2, 0.25) is 5.91 Å². The maximum absolute atomic E-state index is 12.9. The predicted molar refractivity (Wildman–Crippen MR) is 108 cm³/mol. The van der Waals surface area contributed by atoms with Gasteiger partial charge in [0.1, 0.15) is 5.82 Å². The molecule has 2 aliphatic rings. The first kappa shape index (κ1) is 18.7. The van der Waals surface area contributed by atoms with Crippen molar-refractivity contribution in [3.8, 4) is 0 Å². The summed E-state index contributed by atoms with van der Waals surface area (Å²) in [6.45, 7) is 4.71. The van der Waals surface area contributed by atoms with Crippen molar-refractivity contribution in [2.45, 2.75) is 43.6 Å². The number of hydrogen-bond acceptors (Lipinski definition) is 4. The molecule has 2 aromatic rings. The third-order valence-electron chi connectivity index (χ3n) is 5.07. The molecular weight excluding hydrogens is 386 g/mol.